The van der Waals surface area contributed by atoms with Crippen molar-refractivity contribution in [2.45, 2.75) is 6.10 Å². The van der Waals surface area contributed by atoms with E-state index >= 15 is 0 Å². The molecule has 0 saturated heterocycles. The molecule has 0 bridgehead atoms. The molecule has 1 atom stereocenters. The topological polar surface area (TPSA) is 29.5 Å². The Balaban J connectivity index is 2.37. The van der Waals surface area contributed by atoms with Crippen molar-refractivity contribution in [3.63, 3.8) is 0 Å². The third-order valence-corrected chi connectivity index (χ3v) is 3.41. The lowest BCUT2D eigenvalue weighted by molar-refractivity contribution is 0.218. The highest BCUT2D eigenvalue weighted by Crippen LogP contribution is 2.30. The van der Waals surface area contributed by atoms with Crippen LogP contribution in [0.2, 0.25) is 0 Å². The number of aliphatic hydroxyl groups excluding tert-OH is 1. The van der Waals surface area contributed by atoms with Crippen LogP contribution in [0.5, 0.6) is 5.75 Å². The van der Waals surface area contributed by atoms with Crippen LogP contribution in [0, 0.1) is 5.82 Å². The summed E-state index contributed by atoms with van der Waals surface area (Å²) in [5, 5.41) is 10.2. The summed E-state index contributed by atoms with van der Waals surface area (Å²) in [5.41, 5.74) is 1.18. The second-order valence-electron chi connectivity index (χ2n) is 3.82. The summed E-state index contributed by atoms with van der Waals surface area (Å²) in [6.07, 6.45) is -0.874. The third-order valence-electron chi connectivity index (χ3n) is 2.69. The van der Waals surface area contributed by atoms with Crippen LogP contribution in [-0.4, -0.2) is 12.2 Å². The zero-order chi connectivity index (χ0) is 13.1. The maximum absolute atomic E-state index is 13.6. The van der Waals surface area contributed by atoms with Crippen molar-refractivity contribution >= 4 is 15.9 Å². The Morgan fingerprint density at radius 3 is 2.56 bits per heavy atom. The molecule has 2 aromatic rings. The van der Waals surface area contributed by atoms with Gasteiger partial charge in [-0.05, 0) is 29.3 Å². The van der Waals surface area contributed by atoms with Gasteiger partial charge in [-0.15, -0.1) is 0 Å². The van der Waals surface area contributed by atoms with Gasteiger partial charge in [0.1, 0.15) is 6.10 Å². The standard InChI is InChI=1S/C14H12BrFO2/c1-18-13-7-6-9(8-12(13)16)14(17)10-4-2-3-5-11(10)15/h2-8,14,17H,1H3. The fourth-order valence-corrected chi connectivity index (χ4v) is 2.23. The quantitative estimate of drug-likeness (QED) is 0.937. The number of hydrogen-bond acceptors (Lipinski definition) is 2. The fourth-order valence-electron chi connectivity index (χ4n) is 1.73. The van der Waals surface area contributed by atoms with E-state index in [1.807, 2.05) is 18.2 Å². The average molecular weight is 311 g/mol. The summed E-state index contributed by atoms with van der Waals surface area (Å²) in [6, 6.07) is 11.7. The van der Waals surface area contributed by atoms with Gasteiger partial charge in [0, 0.05) is 4.47 Å². The summed E-state index contributed by atoms with van der Waals surface area (Å²) >= 11 is 3.36. The molecule has 0 saturated carbocycles. The van der Waals surface area contributed by atoms with Gasteiger partial charge in [-0.25, -0.2) is 4.39 Å². The highest BCUT2D eigenvalue weighted by atomic mass is 79.9. The van der Waals surface area contributed by atoms with Crippen LogP contribution >= 0.6 is 15.9 Å². The Morgan fingerprint density at radius 2 is 1.94 bits per heavy atom. The molecule has 1 N–H and O–H groups in total. The average Bonchev–Trinajstić information content (AvgIpc) is 2.38. The normalized spacial score (nSPS) is 12.2. The lowest BCUT2D eigenvalue weighted by Gasteiger charge is -2.14. The maximum atomic E-state index is 13.6. The molecule has 2 rings (SSSR count). The molecule has 0 radical (unpaired) electrons. The second-order valence-corrected chi connectivity index (χ2v) is 4.67. The van der Waals surface area contributed by atoms with E-state index in [0.29, 0.717) is 11.1 Å². The van der Waals surface area contributed by atoms with E-state index < -0.39 is 11.9 Å². The molecule has 0 aliphatic carbocycles. The van der Waals surface area contributed by atoms with Crippen LogP contribution in [0.3, 0.4) is 0 Å². The van der Waals surface area contributed by atoms with Crippen LogP contribution in [0.1, 0.15) is 17.2 Å². The summed E-state index contributed by atoms with van der Waals surface area (Å²) in [6.45, 7) is 0. The van der Waals surface area contributed by atoms with E-state index in [9.17, 15) is 9.50 Å². The number of benzene rings is 2. The van der Waals surface area contributed by atoms with E-state index in [4.69, 9.17) is 4.74 Å². The van der Waals surface area contributed by atoms with Gasteiger partial charge in [-0.2, -0.15) is 0 Å². The Bertz CT molecular complexity index is 557. The van der Waals surface area contributed by atoms with Gasteiger partial charge in [-0.1, -0.05) is 40.2 Å². The third kappa shape index (κ3) is 2.54. The predicted octanol–water partition coefficient (Wildman–Crippen LogP) is 3.68. The minimum atomic E-state index is -0.874. The fraction of sp³-hybridized carbons (Fsp3) is 0.143. The zero-order valence-corrected chi connectivity index (χ0v) is 11.3. The number of methoxy groups -OCH3 is 1. The summed E-state index contributed by atoms with van der Waals surface area (Å²) in [7, 11) is 1.41. The lowest BCUT2D eigenvalue weighted by atomic mass is 10.0. The Hall–Kier alpha value is -1.39. The Labute approximate surface area is 113 Å². The molecule has 0 amide bonds. The van der Waals surface area contributed by atoms with Gasteiger partial charge in [0.15, 0.2) is 11.6 Å². The van der Waals surface area contributed by atoms with Gasteiger partial charge in [0.25, 0.3) is 0 Å². The molecule has 0 heterocycles. The summed E-state index contributed by atoms with van der Waals surface area (Å²) in [4.78, 5) is 0. The van der Waals surface area contributed by atoms with Crippen LogP contribution in [-0.2, 0) is 0 Å². The van der Waals surface area contributed by atoms with Crippen molar-refractivity contribution in [2.24, 2.45) is 0 Å². The molecule has 0 spiro atoms. The Kier molecular flexibility index (Phi) is 3.99. The molecule has 18 heavy (non-hydrogen) atoms. The number of halogens is 2. The molecule has 0 aliphatic rings. The molecule has 0 aromatic heterocycles. The van der Waals surface area contributed by atoms with E-state index in [0.717, 1.165) is 4.47 Å². The molecular weight excluding hydrogens is 299 g/mol. The SMILES string of the molecule is COc1ccc(C(O)c2ccccc2Br)cc1F. The number of hydrogen-bond donors (Lipinski definition) is 1. The van der Waals surface area contributed by atoms with Crippen molar-refractivity contribution in [3.8, 4) is 5.75 Å². The van der Waals surface area contributed by atoms with Crippen LogP contribution in [0.25, 0.3) is 0 Å². The minimum Gasteiger partial charge on any atom is -0.494 e. The first-order chi connectivity index (χ1) is 8.63. The number of rotatable bonds is 3. The molecule has 0 aliphatic heterocycles. The largest absolute Gasteiger partial charge is 0.494 e. The molecule has 4 heteroatoms. The number of ether oxygens (including phenoxy) is 1. The van der Waals surface area contributed by atoms with Gasteiger partial charge in [0.2, 0.25) is 0 Å². The smallest absolute Gasteiger partial charge is 0.165 e. The molecule has 0 fully saturated rings. The second kappa shape index (κ2) is 5.50. The Morgan fingerprint density at radius 1 is 1.22 bits per heavy atom. The molecule has 2 nitrogen and oxygen atoms in total. The van der Waals surface area contributed by atoms with Crippen molar-refractivity contribution < 1.29 is 14.2 Å². The first-order valence-corrected chi connectivity index (χ1v) is 6.18. The van der Waals surface area contributed by atoms with Crippen LogP contribution in [0.4, 0.5) is 4.39 Å². The first-order valence-electron chi connectivity index (χ1n) is 5.39. The van der Waals surface area contributed by atoms with Gasteiger partial charge in [0.05, 0.1) is 7.11 Å². The van der Waals surface area contributed by atoms with Crippen LogP contribution < -0.4 is 4.74 Å². The van der Waals surface area contributed by atoms with Crippen molar-refractivity contribution in [2.75, 3.05) is 7.11 Å². The minimum absolute atomic E-state index is 0.165. The molecule has 2 aromatic carbocycles. The van der Waals surface area contributed by atoms with Crippen molar-refractivity contribution in [1.29, 1.82) is 0 Å². The van der Waals surface area contributed by atoms with E-state index in [1.165, 1.54) is 19.2 Å². The van der Waals surface area contributed by atoms with Crippen molar-refractivity contribution in [3.05, 3.63) is 63.9 Å². The predicted molar refractivity (Wildman–Crippen MR) is 71.2 cm³/mol. The van der Waals surface area contributed by atoms with Crippen LogP contribution in [0.15, 0.2) is 46.9 Å². The highest BCUT2D eigenvalue weighted by molar-refractivity contribution is 9.10. The maximum Gasteiger partial charge on any atom is 0.165 e. The summed E-state index contributed by atoms with van der Waals surface area (Å²) in [5.74, 6) is -0.320. The molecule has 1 unspecified atom stereocenters. The first kappa shape index (κ1) is 13.1. The van der Waals surface area contributed by atoms with Gasteiger partial charge < -0.3 is 9.84 Å². The molecule has 94 valence electrons. The summed E-state index contributed by atoms with van der Waals surface area (Å²) < 4.78 is 19.2. The van der Waals surface area contributed by atoms with Crippen molar-refractivity contribution in [1.82, 2.24) is 0 Å². The lowest BCUT2D eigenvalue weighted by Crippen LogP contribution is -2.01. The van der Waals surface area contributed by atoms with E-state index in [-0.39, 0.29) is 5.75 Å². The highest BCUT2D eigenvalue weighted by Gasteiger charge is 2.15. The monoisotopic (exact) mass is 310 g/mol. The zero-order valence-electron chi connectivity index (χ0n) is 9.73. The van der Waals surface area contributed by atoms with E-state index in [2.05, 4.69) is 15.9 Å². The van der Waals surface area contributed by atoms with Gasteiger partial charge in [-0.3, -0.25) is 0 Å². The van der Waals surface area contributed by atoms with Gasteiger partial charge >= 0.3 is 0 Å². The number of aliphatic hydroxyl groups is 1. The molecular formula is C14H12BrFO2. The van der Waals surface area contributed by atoms with E-state index in [1.54, 1.807) is 12.1 Å².